The number of nitrogens with zero attached hydrogens (tertiary/aromatic N) is 1. The number of nitrogens with one attached hydrogen (secondary N) is 1. The number of hydrogen-bond donors (Lipinski definition) is 1. The summed E-state index contributed by atoms with van der Waals surface area (Å²) >= 11 is 6.54. The zero-order valence-corrected chi connectivity index (χ0v) is 16.3. The Kier molecular flexibility index (Phi) is 6.12. The number of allylic oxidation sites excluding steroid dienone is 2. The Morgan fingerprint density at radius 3 is 2.74 bits per heavy atom. The Hall–Kier alpha value is -2.39. The zero-order chi connectivity index (χ0) is 19.4. The smallest absolute Gasteiger partial charge is 0.147 e. The standard InChI is InChI=1S/C23H24ClFN2/c1-4-15(2)27-23-11-9-18(13-22(23)25)19-12-20(16(3)26-14-19)21(24)10-8-17-6-5-7-17/h4,9-14,17,27H,1-2,5-8H2,3H3/b21-10+. The van der Waals surface area contributed by atoms with Gasteiger partial charge in [0.25, 0.3) is 0 Å². The number of hydrogen-bond acceptors (Lipinski definition) is 2. The van der Waals surface area contributed by atoms with E-state index in [1.807, 2.05) is 19.1 Å². The second-order valence-electron chi connectivity index (χ2n) is 6.99. The van der Waals surface area contributed by atoms with Crippen LogP contribution in [0, 0.1) is 18.7 Å². The number of pyridine rings is 1. The van der Waals surface area contributed by atoms with Crippen LogP contribution in [0.3, 0.4) is 0 Å². The third-order valence-corrected chi connectivity index (χ3v) is 5.40. The highest BCUT2D eigenvalue weighted by Crippen LogP contribution is 2.33. The molecule has 140 valence electrons. The molecule has 1 aliphatic rings. The fourth-order valence-electron chi connectivity index (χ4n) is 3.06. The van der Waals surface area contributed by atoms with Gasteiger partial charge in [-0.1, -0.05) is 56.2 Å². The maximum Gasteiger partial charge on any atom is 0.147 e. The molecule has 1 heterocycles. The fourth-order valence-corrected chi connectivity index (χ4v) is 3.34. The minimum atomic E-state index is -0.357. The molecule has 2 aromatic rings. The van der Waals surface area contributed by atoms with Crippen LogP contribution in [0.1, 0.15) is 36.9 Å². The summed E-state index contributed by atoms with van der Waals surface area (Å²) in [6.07, 6.45) is 10.3. The van der Waals surface area contributed by atoms with Crippen LogP contribution >= 0.6 is 11.6 Å². The third-order valence-electron chi connectivity index (χ3n) is 5.04. The van der Waals surface area contributed by atoms with Crippen molar-refractivity contribution in [1.82, 2.24) is 4.98 Å². The van der Waals surface area contributed by atoms with Crippen molar-refractivity contribution in [3.05, 3.63) is 78.5 Å². The van der Waals surface area contributed by atoms with Crippen LogP contribution in [0.4, 0.5) is 10.1 Å². The molecular formula is C23H24ClFN2. The number of benzene rings is 1. The van der Waals surface area contributed by atoms with Crippen molar-refractivity contribution < 1.29 is 4.39 Å². The first kappa shape index (κ1) is 19.4. The van der Waals surface area contributed by atoms with Gasteiger partial charge in [-0.15, -0.1) is 0 Å². The van der Waals surface area contributed by atoms with Crippen molar-refractivity contribution in [3.63, 3.8) is 0 Å². The first-order valence-corrected chi connectivity index (χ1v) is 9.56. The minimum Gasteiger partial charge on any atom is -0.354 e. The summed E-state index contributed by atoms with van der Waals surface area (Å²) < 4.78 is 14.4. The number of rotatable bonds is 7. The molecule has 0 spiro atoms. The van der Waals surface area contributed by atoms with E-state index in [-0.39, 0.29) is 5.82 Å². The van der Waals surface area contributed by atoms with Gasteiger partial charge in [0.1, 0.15) is 5.82 Å². The van der Waals surface area contributed by atoms with Gasteiger partial charge in [-0.3, -0.25) is 4.98 Å². The molecular weight excluding hydrogens is 359 g/mol. The molecule has 1 fully saturated rings. The molecule has 2 nitrogen and oxygen atoms in total. The molecule has 1 aromatic heterocycles. The molecule has 1 aliphatic carbocycles. The van der Waals surface area contributed by atoms with Gasteiger partial charge >= 0.3 is 0 Å². The van der Waals surface area contributed by atoms with Crippen LogP contribution in [0.15, 0.2) is 61.5 Å². The molecule has 1 saturated carbocycles. The second-order valence-corrected chi connectivity index (χ2v) is 7.40. The Morgan fingerprint density at radius 2 is 2.11 bits per heavy atom. The highest BCUT2D eigenvalue weighted by Gasteiger charge is 2.16. The first-order valence-electron chi connectivity index (χ1n) is 9.19. The molecule has 1 aromatic carbocycles. The summed E-state index contributed by atoms with van der Waals surface area (Å²) in [5, 5.41) is 3.60. The minimum absolute atomic E-state index is 0.357. The summed E-state index contributed by atoms with van der Waals surface area (Å²) in [4.78, 5) is 4.46. The van der Waals surface area contributed by atoms with Crippen molar-refractivity contribution in [2.24, 2.45) is 5.92 Å². The van der Waals surface area contributed by atoms with E-state index in [1.165, 1.54) is 25.3 Å². The monoisotopic (exact) mass is 382 g/mol. The molecule has 0 bridgehead atoms. The average molecular weight is 383 g/mol. The van der Waals surface area contributed by atoms with Crippen molar-refractivity contribution in [3.8, 4) is 11.1 Å². The van der Waals surface area contributed by atoms with E-state index >= 15 is 0 Å². The van der Waals surface area contributed by atoms with Gasteiger partial charge in [0, 0.05) is 33.7 Å². The van der Waals surface area contributed by atoms with E-state index < -0.39 is 0 Å². The molecule has 0 amide bonds. The lowest BCUT2D eigenvalue weighted by Gasteiger charge is -2.23. The number of anilines is 1. The molecule has 0 saturated heterocycles. The Bertz CT molecular complexity index is 897. The van der Waals surface area contributed by atoms with Crippen molar-refractivity contribution >= 4 is 22.3 Å². The molecule has 0 radical (unpaired) electrons. The summed E-state index contributed by atoms with van der Waals surface area (Å²) in [6, 6.07) is 7.00. The van der Waals surface area contributed by atoms with Gasteiger partial charge in [-0.05, 0) is 49.1 Å². The van der Waals surface area contributed by atoms with Crippen LogP contribution in [-0.4, -0.2) is 4.98 Å². The summed E-state index contributed by atoms with van der Waals surface area (Å²) in [5.41, 5.74) is 4.26. The number of aryl methyl sites for hydroxylation is 1. The lowest BCUT2D eigenvalue weighted by Crippen LogP contribution is -2.09. The van der Waals surface area contributed by atoms with Crippen LogP contribution in [0.2, 0.25) is 0 Å². The maximum absolute atomic E-state index is 14.4. The van der Waals surface area contributed by atoms with E-state index in [1.54, 1.807) is 18.3 Å². The molecule has 0 aliphatic heterocycles. The number of halogens is 2. The predicted octanol–water partition coefficient (Wildman–Crippen LogP) is 7.08. The molecule has 1 N–H and O–H groups in total. The van der Waals surface area contributed by atoms with E-state index in [0.29, 0.717) is 11.4 Å². The van der Waals surface area contributed by atoms with Gasteiger partial charge in [0.05, 0.1) is 5.69 Å². The molecule has 27 heavy (non-hydrogen) atoms. The van der Waals surface area contributed by atoms with E-state index in [2.05, 4.69) is 29.5 Å². The summed E-state index contributed by atoms with van der Waals surface area (Å²) in [5.74, 6) is 0.402. The SMILES string of the molecule is C=CC(=C)Nc1ccc(-c2cnc(C)c(/C(Cl)=C\CC3CCC3)c2)cc1F. The van der Waals surface area contributed by atoms with Gasteiger partial charge in [-0.2, -0.15) is 0 Å². The average Bonchev–Trinajstić information content (AvgIpc) is 2.62. The van der Waals surface area contributed by atoms with Gasteiger partial charge in [0.2, 0.25) is 0 Å². The van der Waals surface area contributed by atoms with Gasteiger partial charge in [-0.25, -0.2) is 4.39 Å². The second kappa shape index (κ2) is 8.53. The maximum atomic E-state index is 14.4. The van der Waals surface area contributed by atoms with Gasteiger partial charge in [0.15, 0.2) is 0 Å². The largest absolute Gasteiger partial charge is 0.354 e. The van der Waals surface area contributed by atoms with Gasteiger partial charge < -0.3 is 5.32 Å². The van der Waals surface area contributed by atoms with E-state index in [0.717, 1.165) is 39.8 Å². The predicted molar refractivity (Wildman–Crippen MR) is 113 cm³/mol. The zero-order valence-electron chi connectivity index (χ0n) is 15.6. The van der Waals surface area contributed by atoms with Crippen LogP contribution < -0.4 is 5.32 Å². The van der Waals surface area contributed by atoms with E-state index in [4.69, 9.17) is 11.6 Å². The molecule has 3 rings (SSSR count). The topological polar surface area (TPSA) is 24.9 Å². The third kappa shape index (κ3) is 4.67. The Labute approximate surface area is 165 Å². The number of aromatic nitrogens is 1. The van der Waals surface area contributed by atoms with E-state index in [9.17, 15) is 4.39 Å². The fraction of sp³-hybridized carbons (Fsp3) is 0.261. The Morgan fingerprint density at radius 1 is 1.33 bits per heavy atom. The Balaban J connectivity index is 1.85. The summed E-state index contributed by atoms with van der Waals surface area (Å²) in [7, 11) is 0. The molecule has 0 unspecified atom stereocenters. The lowest BCUT2D eigenvalue weighted by molar-refractivity contribution is 0.320. The highest BCUT2D eigenvalue weighted by molar-refractivity contribution is 6.48. The van der Waals surface area contributed by atoms with Crippen molar-refractivity contribution in [2.75, 3.05) is 5.32 Å². The summed E-state index contributed by atoms with van der Waals surface area (Å²) in [6.45, 7) is 9.29. The quantitative estimate of drug-likeness (QED) is 0.517. The molecule has 4 heteroatoms. The van der Waals surface area contributed by atoms with Crippen molar-refractivity contribution in [1.29, 1.82) is 0 Å². The normalized spacial score (nSPS) is 14.6. The highest BCUT2D eigenvalue weighted by atomic mass is 35.5. The van der Waals surface area contributed by atoms with Crippen molar-refractivity contribution in [2.45, 2.75) is 32.6 Å². The van der Waals surface area contributed by atoms with Crippen LogP contribution in [-0.2, 0) is 0 Å². The van der Waals surface area contributed by atoms with Crippen LogP contribution in [0.25, 0.3) is 16.2 Å². The molecule has 0 atom stereocenters. The first-order chi connectivity index (χ1) is 13.0. The lowest BCUT2D eigenvalue weighted by atomic mass is 9.83. The van der Waals surface area contributed by atoms with Crippen LogP contribution in [0.5, 0.6) is 0 Å².